The molecule has 144 valence electrons. The number of hydrogen-bond acceptors (Lipinski definition) is 6. The van der Waals surface area contributed by atoms with Gasteiger partial charge in [-0.3, -0.25) is 4.98 Å². The predicted molar refractivity (Wildman–Crippen MR) is 99.0 cm³/mol. The van der Waals surface area contributed by atoms with Gasteiger partial charge in [0.15, 0.2) is 0 Å². The molecule has 0 spiro atoms. The summed E-state index contributed by atoms with van der Waals surface area (Å²) in [4.78, 5) is 16.3. The van der Waals surface area contributed by atoms with Gasteiger partial charge in [-0.2, -0.15) is 0 Å². The Morgan fingerprint density at radius 2 is 1.96 bits per heavy atom. The van der Waals surface area contributed by atoms with E-state index in [1.807, 2.05) is 0 Å². The van der Waals surface area contributed by atoms with Gasteiger partial charge in [0.05, 0.1) is 5.56 Å². The molecule has 1 N–H and O–H groups in total. The topological polar surface area (TPSA) is 90.1 Å². The van der Waals surface area contributed by atoms with Crippen LogP contribution in [0.15, 0.2) is 47.5 Å². The highest BCUT2D eigenvalue weighted by atomic mass is 19.1. The van der Waals surface area contributed by atoms with E-state index >= 15 is 0 Å². The van der Waals surface area contributed by atoms with Gasteiger partial charge in [0, 0.05) is 29.6 Å². The molecule has 0 atom stereocenters. The molecule has 8 heteroatoms. The average molecular weight is 382 g/mol. The maximum Gasteiger partial charge on any atom is 0.412 e. The van der Waals surface area contributed by atoms with Crippen molar-refractivity contribution >= 4 is 6.09 Å². The van der Waals surface area contributed by atoms with E-state index in [0.29, 0.717) is 11.1 Å². The minimum absolute atomic E-state index is 0.136. The number of nitrogens with zero attached hydrogens (tertiary/aromatic N) is 3. The molecule has 1 aliphatic carbocycles. The summed E-state index contributed by atoms with van der Waals surface area (Å²) in [5.41, 5.74) is 1.33. The van der Waals surface area contributed by atoms with Crippen LogP contribution in [0.25, 0.3) is 22.6 Å². The lowest BCUT2D eigenvalue weighted by atomic mass is 9.96. The summed E-state index contributed by atoms with van der Waals surface area (Å²) in [6, 6.07) is 5.98. The third-order valence-electron chi connectivity index (χ3n) is 4.73. The van der Waals surface area contributed by atoms with Crippen LogP contribution in [-0.2, 0) is 0 Å². The highest BCUT2D eigenvalue weighted by Gasteiger charge is 2.17. The quantitative estimate of drug-likeness (QED) is 0.721. The third kappa shape index (κ3) is 4.16. The Hall–Kier alpha value is -3.29. The van der Waals surface area contributed by atoms with Gasteiger partial charge in [-0.15, -0.1) is 10.2 Å². The summed E-state index contributed by atoms with van der Waals surface area (Å²) < 4.78 is 24.9. The van der Waals surface area contributed by atoms with Crippen molar-refractivity contribution < 1.29 is 18.3 Å². The number of benzene rings is 1. The second-order valence-corrected chi connectivity index (χ2v) is 6.72. The second kappa shape index (κ2) is 8.16. The fourth-order valence-electron chi connectivity index (χ4n) is 3.34. The van der Waals surface area contributed by atoms with Gasteiger partial charge < -0.3 is 14.5 Å². The van der Waals surface area contributed by atoms with E-state index in [9.17, 15) is 9.18 Å². The SMILES string of the molecule is O=C(NC1CCCCC1)Oc1ccc(F)c(-c2cncc(-c3nnco3)c2)c1. The molecule has 1 aromatic carbocycles. The first-order valence-electron chi connectivity index (χ1n) is 9.19. The summed E-state index contributed by atoms with van der Waals surface area (Å²) >= 11 is 0. The molecule has 1 fully saturated rings. The first-order valence-corrected chi connectivity index (χ1v) is 9.19. The van der Waals surface area contributed by atoms with Crippen LogP contribution in [-0.4, -0.2) is 27.3 Å². The zero-order valence-corrected chi connectivity index (χ0v) is 15.1. The first-order chi connectivity index (χ1) is 13.7. The number of amides is 1. The van der Waals surface area contributed by atoms with E-state index in [0.717, 1.165) is 25.7 Å². The van der Waals surface area contributed by atoms with Crippen LogP contribution in [0.5, 0.6) is 5.75 Å². The third-order valence-corrected chi connectivity index (χ3v) is 4.73. The van der Waals surface area contributed by atoms with E-state index in [1.165, 1.54) is 37.2 Å². The molecule has 0 saturated heterocycles. The number of nitrogens with one attached hydrogen (secondary N) is 1. The molecule has 0 bridgehead atoms. The van der Waals surface area contributed by atoms with Crippen LogP contribution in [0, 0.1) is 5.82 Å². The number of carbonyl (C=O) groups excluding carboxylic acids is 1. The van der Waals surface area contributed by atoms with Gasteiger partial charge in [-0.25, -0.2) is 9.18 Å². The predicted octanol–water partition coefficient (Wildman–Crippen LogP) is 4.36. The van der Waals surface area contributed by atoms with E-state index in [4.69, 9.17) is 9.15 Å². The van der Waals surface area contributed by atoms with Crippen LogP contribution < -0.4 is 10.1 Å². The first kappa shape index (κ1) is 18.1. The average Bonchev–Trinajstić information content (AvgIpc) is 3.25. The van der Waals surface area contributed by atoms with E-state index in [-0.39, 0.29) is 23.2 Å². The Balaban J connectivity index is 1.52. The maximum absolute atomic E-state index is 14.4. The van der Waals surface area contributed by atoms with Crippen LogP contribution in [0.2, 0.25) is 0 Å². The van der Waals surface area contributed by atoms with Crippen molar-refractivity contribution in [2.45, 2.75) is 38.1 Å². The fraction of sp³-hybridized carbons (Fsp3) is 0.300. The monoisotopic (exact) mass is 382 g/mol. The van der Waals surface area contributed by atoms with Gasteiger partial charge >= 0.3 is 6.09 Å². The van der Waals surface area contributed by atoms with E-state index < -0.39 is 11.9 Å². The molecule has 2 aromatic heterocycles. The second-order valence-electron chi connectivity index (χ2n) is 6.72. The smallest absolute Gasteiger partial charge is 0.412 e. The molecule has 3 aromatic rings. The van der Waals surface area contributed by atoms with Crippen molar-refractivity contribution in [3.63, 3.8) is 0 Å². The summed E-state index contributed by atoms with van der Waals surface area (Å²) in [7, 11) is 0. The van der Waals surface area contributed by atoms with Crippen LogP contribution in [0.4, 0.5) is 9.18 Å². The normalized spacial score (nSPS) is 14.6. The zero-order valence-electron chi connectivity index (χ0n) is 15.1. The van der Waals surface area contributed by atoms with E-state index in [2.05, 4.69) is 20.5 Å². The molecule has 1 aliphatic rings. The molecule has 1 saturated carbocycles. The molecular formula is C20H19FN4O3. The fourth-order valence-corrected chi connectivity index (χ4v) is 3.34. The molecule has 0 aliphatic heterocycles. The van der Waals surface area contributed by atoms with E-state index in [1.54, 1.807) is 12.3 Å². The summed E-state index contributed by atoms with van der Waals surface area (Å²) in [5.74, 6) is 0.0893. The maximum atomic E-state index is 14.4. The number of pyridine rings is 1. The van der Waals surface area contributed by atoms with Gasteiger partial charge in [-0.05, 0) is 37.1 Å². The Bertz CT molecular complexity index is 956. The van der Waals surface area contributed by atoms with Gasteiger partial charge in [0.1, 0.15) is 11.6 Å². The Labute approximate surface area is 161 Å². The summed E-state index contributed by atoms with van der Waals surface area (Å²) in [6.45, 7) is 0. The number of halogens is 1. The highest BCUT2D eigenvalue weighted by molar-refractivity contribution is 5.73. The molecule has 7 nitrogen and oxygen atoms in total. The van der Waals surface area contributed by atoms with Crippen LogP contribution in [0.3, 0.4) is 0 Å². The molecule has 4 rings (SSSR count). The number of rotatable bonds is 4. The van der Waals surface area contributed by atoms with Crippen LogP contribution >= 0.6 is 0 Å². The Morgan fingerprint density at radius 1 is 1.14 bits per heavy atom. The number of aromatic nitrogens is 3. The number of carbonyl (C=O) groups is 1. The lowest BCUT2D eigenvalue weighted by Gasteiger charge is -2.22. The molecule has 28 heavy (non-hydrogen) atoms. The van der Waals surface area contributed by atoms with Gasteiger partial charge in [-0.1, -0.05) is 19.3 Å². The Kier molecular flexibility index (Phi) is 5.27. The molecule has 0 unspecified atom stereocenters. The molecule has 1 amide bonds. The largest absolute Gasteiger partial charge is 0.423 e. The van der Waals surface area contributed by atoms with Crippen molar-refractivity contribution in [2.75, 3.05) is 0 Å². The van der Waals surface area contributed by atoms with Crippen molar-refractivity contribution in [1.29, 1.82) is 0 Å². The zero-order chi connectivity index (χ0) is 19.3. The molecular weight excluding hydrogens is 363 g/mol. The van der Waals surface area contributed by atoms with Crippen LogP contribution in [0.1, 0.15) is 32.1 Å². The molecule has 2 heterocycles. The standard InChI is InChI=1S/C20H19FN4O3/c21-18-7-6-16(28-20(26)24-15-4-2-1-3-5-15)9-17(18)13-8-14(11-22-10-13)19-25-23-12-27-19/h6-12,15H,1-5H2,(H,24,26). The summed E-state index contributed by atoms with van der Waals surface area (Å²) in [5, 5.41) is 10.3. The summed E-state index contributed by atoms with van der Waals surface area (Å²) in [6.07, 6.45) is 9.08. The van der Waals surface area contributed by atoms with Crippen molar-refractivity contribution in [1.82, 2.24) is 20.5 Å². The number of hydrogen-bond donors (Lipinski definition) is 1. The lowest BCUT2D eigenvalue weighted by molar-refractivity contribution is 0.192. The van der Waals surface area contributed by atoms with Gasteiger partial charge in [0.25, 0.3) is 0 Å². The van der Waals surface area contributed by atoms with Crippen molar-refractivity contribution in [3.8, 4) is 28.3 Å². The molecule has 0 radical (unpaired) electrons. The van der Waals surface area contributed by atoms with Gasteiger partial charge in [0.2, 0.25) is 12.3 Å². The van der Waals surface area contributed by atoms with Crippen molar-refractivity contribution in [2.24, 2.45) is 0 Å². The Morgan fingerprint density at radius 3 is 2.75 bits per heavy atom. The lowest BCUT2D eigenvalue weighted by Crippen LogP contribution is -2.38. The number of ether oxygens (including phenoxy) is 1. The minimum Gasteiger partial charge on any atom is -0.423 e. The highest BCUT2D eigenvalue weighted by Crippen LogP contribution is 2.29. The minimum atomic E-state index is -0.526. The van der Waals surface area contributed by atoms with Crippen molar-refractivity contribution in [3.05, 3.63) is 48.9 Å².